The number of H-pyrrole nitrogens is 1. The zero-order chi connectivity index (χ0) is 20.7. The van der Waals surface area contributed by atoms with Crippen LogP contribution in [0.3, 0.4) is 0 Å². The molecule has 1 aromatic carbocycles. The maximum Gasteiger partial charge on any atom is 0.355 e. The summed E-state index contributed by atoms with van der Waals surface area (Å²) < 4.78 is 5.76. The molecule has 5 nitrogen and oxygen atoms in total. The number of nitrogens with zero attached hydrogens (tertiary/aromatic N) is 1. The highest BCUT2D eigenvalue weighted by Gasteiger charge is 2.34. The van der Waals surface area contributed by atoms with Gasteiger partial charge in [-0.05, 0) is 67.7 Å². The van der Waals surface area contributed by atoms with Crippen molar-refractivity contribution in [1.29, 1.82) is 0 Å². The van der Waals surface area contributed by atoms with Crippen molar-refractivity contribution < 1.29 is 14.3 Å². The minimum absolute atomic E-state index is 0.0131. The molecule has 0 unspecified atom stereocenters. The van der Waals surface area contributed by atoms with Crippen LogP contribution >= 0.6 is 0 Å². The molecule has 0 radical (unpaired) electrons. The van der Waals surface area contributed by atoms with E-state index in [-0.39, 0.29) is 23.8 Å². The average molecular weight is 395 g/mol. The number of ketones is 1. The molecule has 1 aromatic heterocycles. The van der Waals surface area contributed by atoms with E-state index in [0.717, 1.165) is 48.2 Å². The maximum absolute atomic E-state index is 12.9. The number of ether oxygens (including phenoxy) is 1. The molecular weight excluding hydrogens is 364 g/mol. The van der Waals surface area contributed by atoms with E-state index < -0.39 is 0 Å². The van der Waals surface area contributed by atoms with E-state index in [1.165, 1.54) is 0 Å². The van der Waals surface area contributed by atoms with Crippen LogP contribution in [0.1, 0.15) is 76.2 Å². The number of benzene rings is 1. The van der Waals surface area contributed by atoms with E-state index in [2.05, 4.69) is 41.1 Å². The van der Waals surface area contributed by atoms with Gasteiger partial charge in [0.2, 0.25) is 0 Å². The number of carbonyl (C=O) groups is 2. The van der Waals surface area contributed by atoms with Crippen molar-refractivity contribution >= 4 is 17.4 Å². The van der Waals surface area contributed by atoms with Gasteiger partial charge in [-0.25, -0.2) is 4.79 Å². The molecule has 2 aliphatic carbocycles. The van der Waals surface area contributed by atoms with Gasteiger partial charge in [0.05, 0.1) is 0 Å². The third kappa shape index (κ3) is 3.70. The van der Waals surface area contributed by atoms with Gasteiger partial charge in [-0.1, -0.05) is 19.1 Å². The van der Waals surface area contributed by atoms with Gasteiger partial charge in [0.25, 0.3) is 0 Å². The Balaban J connectivity index is 1.55. The fourth-order valence-electron chi connectivity index (χ4n) is 4.80. The van der Waals surface area contributed by atoms with Gasteiger partial charge in [-0.15, -0.1) is 0 Å². The first-order chi connectivity index (χ1) is 13.8. The Bertz CT molecular complexity index is 926. The first-order valence-corrected chi connectivity index (χ1v) is 10.6. The number of rotatable bonds is 4. The summed E-state index contributed by atoms with van der Waals surface area (Å²) in [4.78, 5) is 31.0. The number of fused-ring (bicyclic) bond motifs is 1. The zero-order valence-corrected chi connectivity index (χ0v) is 17.7. The normalized spacial score (nSPS) is 23.7. The van der Waals surface area contributed by atoms with Gasteiger partial charge < -0.3 is 14.6 Å². The van der Waals surface area contributed by atoms with Gasteiger partial charge >= 0.3 is 5.97 Å². The van der Waals surface area contributed by atoms with Crippen LogP contribution in [-0.4, -0.2) is 36.9 Å². The number of Topliss-reactive ketones (excluding diaryl/α,β-unsaturated/α-hetero) is 1. The minimum atomic E-state index is -0.324. The Hall–Kier alpha value is -2.56. The summed E-state index contributed by atoms with van der Waals surface area (Å²) >= 11 is 0. The Morgan fingerprint density at radius 3 is 2.48 bits per heavy atom. The van der Waals surface area contributed by atoms with Crippen molar-refractivity contribution in [2.75, 3.05) is 19.0 Å². The highest BCUT2D eigenvalue weighted by atomic mass is 16.5. The summed E-state index contributed by atoms with van der Waals surface area (Å²) in [6.07, 6.45) is 4.33. The lowest BCUT2D eigenvalue weighted by Crippen LogP contribution is -2.21. The minimum Gasteiger partial charge on any atom is -0.457 e. The first kappa shape index (κ1) is 19.7. The third-order valence-corrected chi connectivity index (χ3v) is 6.62. The van der Waals surface area contributed by atoms with E-state index in [1.54, 1.807) is 0 Å². The lowest BCUT2D eigenvalue weighted by atomic mass is 9.81. The molecule has 0 aliphatic heterocycles. The van der Waals surface area contributed by atoms with Crippen LogP contribution in [0, 0.1) is 12.8 Å². The number of aromatic amines is 1. The SMILES string of the molecule is Cc1c(C(=O)O[C@@H]2CCC[C@H]2C)[nH]c2c1C(=O)C[C@@H](c1ccc(N(C)C)cc1)C2. The molecule has 5 heteroatoms. The first-order valence-electron chi connectivity index (χ1n) is 10.6. The van der Waals surface area contributed by atoms with E-state index in [0.29, 0.717) is 23.6 Å². The van der Waals surface area contributed by atoms with Crippen LogP contribution in [-0.2, 0) is 11.2 Å². The number of hydrogen-bond acceptors (Lipinski definition) is 4. The lowest BCUT2D eigenvalue weighted by molar-refractivity contribution is 0.0219. The fourth-order valence-corrected chi connectivity index (χ4v) is 4.80. The quantitative estimate of drug-likeness (QED) is 0.767. The van der Waals surface area contributed by atoms with Crippen LogP contribution in [0.5, 0.6) is 0 Å². The van der Waals surface area contributed by atoms with Crippen LogP contribution in [0.2, 0.25) is 0 Å². The number of nitrogens with one attached hydrogen (secondary N) is 1. The average Bonchev–Trinajstić information content (AvgIpc) is 3.25. The number of aromatic nitrogens is 1. The molecule has 1 saturated carbocycles. The fraction of sp³-hybridized carbons (Fsp3) is 0.500. The van der Waals surface area contributed by atoms with Crippen molar-refractivity contribution in [3.05, 3.63) is 52.3 Å². The molecule has 2 aliphatic rings. The molecule has 2 aromatic rings. The van der Waals surface area contributed by atoms with Crippen molar-refractivity contribution in [2.45, 2.75) is 58.0 Å². The second-order valence-electron chi connectivity index (χ2n) is 8.84. The van der Waals surface area contributed by atoms with E-state index in [1.807, 2.05) is 21.0 Å². The Morgan fingerprint density at radius 2 is 1.86 bits per heavy atom. The predicted octanol–water partition coefficient (Wildman–Crippen LogP) is 4.65. The smallest absolute Gasteiger partial charge is 0.355 e. The molecule has 3 atom stereocenters. The molecule has 1 N–H and O–H groups in total. The van der Waals surface area contributed by atoms with Gasteiger partial charge in [0.1, 0.15) is 11.8 Å². The summed E-state index contributed by atoms with van der Waals surface area (Å²) in [6, 6.07) is 8.37. The summed E-state index contributed by atoms with van der Waals surface area (Å²) in [5.41, 5.74) is 5.04. The van der Waals surface area contributed by atoms with Crippen molar-refractivity contribution in [3.8, 4) is 0 Å². The third-order valence-electron chi connectivity index (χ3n) is 6.62. The van der Waals surface area contributed by atoms with Crippen LogP contribution in [0.4, 0.5) is 5.69 Å². The summed E-state index contributed by atoms with van der Waals surface area (Å²) in [6.45, 7) is 3.99. The van der Waals surface area contributed by atoms with Crippen LogP contribution in [0.15, 0.2) is 24.3 Å². The monoisotopic (exact) mass is 394 g/mol. The van der Waals surface area contributed by atoms with Crippen LogP contribution in [0.25, 0.3) is 0 Å². The second-order valence-corrected chi connectivity index (χ2v) is 8.84. The van der Waals surface area contributed by atoms with Crippen molar-refractivity contribution in [1.82, 2.24) is 4.98 Å². The summed E-state index contributed by atoms with van der Waals surface area (Å²) in [5, 5.41) is 0. The number of hydrogen-bond donors (Lipinski definition) is 1. The molecule has 1 fully saturated rings. The van der Waals surface area contributed by atoms with E-state index in [4.69, 9.17) is 4.74 Å². The lowest BCUT2D eigenvalue weighted by Gasteiger charge is -2.23. The largest absolute Gasteiger partial charge is 0.457 e. The van der Waals surface area contributed by atoms with Crippen molar-refractivity contribution in [3.63, 3.8) is 0 Å². The summed E-state index contributed by atoms with van der Waals surface area (Å²) in [5.74, 6) is 0.313. The molecule has 0 spiro atoms. The van der Waals surface area contributed by atoms with E-state index >= 15 is 0 Å². The molecule has 0 saturated heterocycles. The molecule has 0 bridgehead atoms. The molecule has 4 rings (SSSR count). The molecule has 1 heterocycles. The summed E-state index contributed by atoms with van der Waals surface area (Å²) in [7, 11) is 4.03. The molecule has 154 valence electrons. The highest BCUT2D eigenvalue weighted by molar-refractivity contribution is 6.03. The Kier molecular flexibility index (Phi) is 5.24. The number of anilines is 1. The molecule has 29 heavy (non-hydrogen) atoms. The zero-order valence-electron chi connectivity index (χ0n) is 17.7. The topological polar surface area (TPSA) is 62.4 Å². The standard InChI is InChI=1S/C24H30N2O3/c1-14-6-5-7-21(14)29-24(28)23-15(2)22-19(25-23)12-17(13-20(22)27)16-8-10-18(11-9-16)26(3)4/h8-11,14,17,21,25H,5-7,12-13H2,1-4H3/t14-,17+,21-/m1/s1. The Labute approximate surface area is 172 Å². The van der Waals surface area contributed by atoms with E-state index in [9.17, 15) is 9.59 Å². The molecular formula is C24H30N2O3. The highest BCUT2D eigenvalue weighted by Crippen LogP contribution is 2.36. The predicted molar refractivity (Wildman–Crippen MR) is 114 cm³/mol. The number of esters is 1. The molecule has 0 amide bonds. The van der Waals surface area contributed by atoms with Gasteiger partial charge in [0, 0.05) is 37.5 Å². The van der Waals surface area contributed by atoms with Crippen molar-refractivity contribution in [2.24, 2.45) is 5.92 Å². The number of carbonyl (C=O) groups excluding carboxylic acids is 2. The van der Waals surface area contributed by atoms with Gasteiger partial charge in [0.15, 0.2) is 5.78 Å². The van der Waals surface area contributed by atoms with Gasteiger partial charge in [-0.2, -0.15) is 0 Å². The van der Waals surface area contributed by atoms with Gasteiger partial charge in [-0.3, -0.25) is 4.79 Å². The second kappa shape index (κ2) is 7.69. The maximum atomic E-state index is 12.9. The van der Waals surface area contributed by atoms with Crippen LogP contribution < -0.4 is 4.90 Å². The Morgan fingerprint density at radius 1 is 1.14 bits per heavy atom.